The van der Waals surface area contributed by atoms with E-state index in [4.69, 9.17) is 19.3 Å². The van der Waals surface area contributed by atoms with Gasteiger partial charge in [-0.1, -0.05) is 0 Å². The summed E-state index contributed by atoms with van der Waals surface area (Å²) in [5, 5.41) is 11.2. The minimum atomic E-state index is -0.876. The molecule has 1 rings (SSSR count). The molecular formula is C15H21NO6. The Labute approximate surface area is 129 Å². The number of carboxylic acids is 1. The summed E-state index contributed by atoms with van der Waals surface area (Å²) in [5.41, 5.74) is 0.713. The van der Waals surface area contributed by atoms with E-state index in [1.54, 1.807) is 12.1 Å². The molecule has 0 fully saturated rings. The Bertz CT molecular complexity index is 504. The summed E-state index contributed by atoms with van der Waals surface area (Å²) in [6.07, 6.45) is 0.574. The highest BCUT2D eigenvalue weighted by Crippen LogP contribution is 2.38. The topological polar surface area (TPSA) is 94.1 Å². The third-order valence-corrected chi connectivity index (χ3v) is 2.98. The minimum absolute atomic E-state index is 0.0322. The van der Waals surface area contributed by atoms with E-state index < -0.39 is 5.97 Å². The van der Waals surface area contributed by atoms with Crippen LogP contribution in [0.1, 0.15) is 18.4 Å². The Morgan fingerprint density at radius 1 is 1.09 bits per heavy atom. The molecular weight excluding hydrogens is 290 g/mol. The molecule has 0 aromatic heterocycles. The molecule has 0 bridgehead atoms. The molecule has 2 N–H and O–H groups in total. The number of nitrogens with one attached hydrogen (secondary N) is 1. The summed E-state index contributed by atoms with van der Waals surface area (Å²) >= 11 is 0. The number of aliphatic carboxylic acids is 1. The molecule has 0 atom stereocenters. The molecule has 0 saturated carbocycles. The third-order valence-electron chi connectivity index (χ3n) is 2.98. The summed E-state index contributed by atoms with van der Waals surface area (Å²) in [6, 6.07) is 3.41. The highest BCUT2D eigenvalue weighted by atomic mass is 16.5. The lowest BCUT2D eigenvalue weighted by atomic mass is 10.1. The summed E-state index contributed by atoms with van der Waals surface area (Å²) in [5.74, 6) is 0.361. The van der Waals surface area contributed by atoms with Gasteiger partial charge in [0, 0.05) is 13.0 Å². The van der Waals surface area contributed by atoms with Crippen LogP contribution in [-0.4, -0.2) is 44.9 Å². The maximum atomic E-state index is 11.8. The van der Waals surface area contributed by atoms with Gasteiger partial charge >= 0.3 is 5.97 Å². The Morgan fingerprint density at radius 3 is 2.14 bits per heavy atom. The average molecular weight is 311 g/mol. The fraction of sp³-hybridized carbons (Fsp3) is 0.467. The molecule has 0 aliphatic rings. The van der Waals surface area contributed by atoms with Crippen molar-refractivity contribution in [2.45, 2.75) is 19.3 Å². The van der Waals surface area contributed by atoms with Crippen molar-refractivity contribution in [2.75, 3.05) is 27.9 Å². The molecule has 0 aliphatic carbocycles. The number of hydrogen-bond acceptors (Lipinski definition) is 5. The zero-order valence-corrected chi connectivity index (χ0v) is 13.0. The molecule has 0 unspecified atom stereocenters. The van der Waals surface area contributed by atoms with Crippen LogP contribution in [0.2, 0.25) is 0 Å². The van der Waals surface area contributed by atoms with E-state index in [2.05, 4.69) is 5.32 Å². The van der Waals surface area contributed by atoms with Crippen molar-refractivity contribution < 1.29 is 28.9 Å². The van der Waals surface area contributed by atoms with Crippen molar-refractivity contribution in [3.8, 4) is 17.2 Å². The standard InChI is InChI=1S/C15H21NO6/c1-20-11-7-10(8-12(21-2)15(11)22-3)9-13(17)16-6-4-5-14(18)19/h7-8H,4-6,9H2,1-3H3,(H,16,17)(H,18,19). The number of amides is 1. The van der Waals surface area contributed by atoms with Crippen molar-refractivity contribution in [2.24, 2.45) is 0 Å². The second kappa shape index (κ2) is 8.76. The molecule has 0 heterocycles. The average Bonchev–Trinajstić information content (AvgIpc) is 2.50. The van der Waals surface area contributed by atoms with Crippen LogP contribution >= 0.6 is 0 Å². The minimum Gasteiger partial charge on any atom is -0.493 e. The maximum Gasteiger partial charge on any atom is 0.303 e. The van der Waals surface area contributed by atoms with Crippen LogP contribution in [0, 0.1) is 0 Å². The number of methoxy groups -OCH3 is 3. The molecule has 0 aliphatic heterocycles. The van der Waals surface area contributed by atoms with Crippen LogP contribution in [0.5, 0.6) is 17.2 Å². The molecule has 0 radical (unpaired) electrons. The number of benzene rings is 1. The molecule has 1 amide bonds. The van der Waals surface area contributed by atoms with Gasteiger partial charge in [0.1, 0.15) is 0 Å². The van der Waals surface area contributed by atoms with Crippen molar-refractivity contribution in [3.63, 3.8) is 0 Å². The van der Waals surface area contributed by atoms with E-state index in [9.17, 15) is 9.59 Å². The first-order chi connectivity index (χ1) is 10.5. The zero-order chi connectivity index (χ0) is 16.5. The number of ether oxygens (including phenoxy) is 3. The van der Waals surface area contributed by atoms with Gasteiger partial charge in [-0.25, -0.2) is 0 Å². The van der Waals surface area contributed by atoms with E-state index in [0.29, 0.717) is 35.8 Å². The second-order valence-corrected chi connectivity index (χ2v) is 4.56. The number of rotatable bonds is 9. The van der Waals surface area contributed by atoms with Crippen LogP contribution in [-0.2, 0) is 16.0 Å². The van der Waals surface area contributed by atoms with Gasteiger partial charge < -0.3 is 24.6 Å². The van der Waals surface area contributed by atoms with Crippen molar-refractivity contribution in [3.05, 3.63) is 17.7 Å². The van der Waals surface area contributed by atoms with Crippen LogP contribution in [0.25, 0.3) is 0 Å². The van der Waals surface area contributed by atoms with Crippen LogP contribution in [0.15, 0.2) is 12.1 Å². The molecule has 22 heavy (non-hydrogen) atoms. The number of hydrogen-bond donors (Lipinski definition) is 2. The summed E-state index contributed by atoms with van der Waals surface area (Å²) in [6.45, 7) is 0.329. The second-order valence-electron chi connectivity index (χ2n) is 4.56. The molecule has 7 nitrogen and oxygen atoms in total. The number of carbonyl (C=O) groups excluding carboxylic acids is 1. The van der Waals surface area contributed by atoms with Crippen LogP contribution in [0.3, 0.4) is 0 Å². The van der Waals surface area contributed by atoms with E-state index in [1.807, 2.05) is 0 Å². The molecule has 0 spiro atoms. The molecule has 1 aromatic carbocycles. The first kappa shape index (κ1) is 17.6. The van der Waals surface area contributed by atoms with Gasteiger partial charge in [0.25, 0.3) is 0 Å². The smallest absolute Gasteiger partial charge is 0.303 e. The Morgan fingerprint density at radius 2 is 1.68 bits per heavy atom. The fourth-order valence-corrected chi connectivity index (χ4v) is 1.95. The highest BCUT2D eigenvalue weighted by molar-refractivity contribution is 5.79. The fourth-order valence-electron chi connectivity index (χ4n) is 1.95. The Hall–Kier alpha value is -2.44. The monoisotopic (exact) mass is 311 g/mol. The number of carbonyl (C=O) groups is 2. The first-order valence-corrected chi connectivity index (χ1v) is 6.79. The molecule has 0 saturated heterocycles. The first-order valence-electron chi connectivity index (χ1n) is 6.79. The number of carboxylic acid groups (broad SMARTS) is 1. The van der Waals surface area contributed by atoms with E-state index in [1.165, 1.54) is 21.3 Å². The van der Waals surface area contributed by atoms with Crippen molar-refractivity contribution in [1.29, 1.82) is 0 Å². The van der Waals surface area contributed by atoms with E-state index >= 15 is 0 Å². The van der Waals surface area contributed by atoms with Crippen molar-refractivity contribution >= 4 is 11.9 Å². The summed E-state index contributed by atoms with van der Waals surface area (Å²) in [7, 11) is 4.52. The third kappa shape index (κ3) is 5.16. The molecule has 1 aromatic rings. The molecule has 7 heteroatoms. The Kier molecular flexibility index (Phi) is 7.01. The summed E-state index contributed by atoms with van der Waals surface area (Å²) in [4.78, 5) is 22.2. The zero-order valence-electron chi connectivity index (χ0n) is 13.0. The maximum absolute atomic E-state index is 11.8. The van der Waals surface area contributed by atoms with Gasteiger partial charge in [-0.3, -0.25) is 9.59 Å². The van der Waals surface area contributed by atoms with Gasteiger partial charge in [-0.15, -0.1) is 0 Å². The SMILES string of the molecule is COc1cc(CC(=O)NCCCC(=O)O)cc(OC)c1OC. The van der Waals surface area contributed by atoms with E-state index in [0.717, 1.165) is 0 Å². The summed E-state index contributed by atoms with van der Waals surface area (Å²) < 4.78 is 15.7. The van der Waals surface area contributed by atoms with Gasteiger partial charge in [-0.2, -0.15) is 0 Å². The normalized spacial score (nSPS) is 9.95. The Balaban J connectivity index is 2.68. The van der Waals surface area contributed by atoms with Crippen LogP contribution in [0.4, 0.5) is 0 Å². The lowest BCUT2D eigenvalue weighted by Gasteiger charge is -2.14. The molecule has 122 valence electrons. The van der Waals surface area contributed by atoms with Gasteiger partial charge in [0.15, 0.2) is 11.5 Å². The van der Waals surface area contributed by atoms with Gasteiger partial charge in [0.2, 0.25) is 11.7 Å². The quantitative estimate of drug-likeness (QED) is 0.666. The van der Waals surface area contributed by atoms with Crippen molar-refractivity contribution in [1.82, 2.24) is 5.32 Å². The predicted molar refractivity (Wildman–Crippen MR) is 79.7 cm³/mol. The van der Waals surface area contributed by atoms with Crippen LogP contribution < -0.4 is 19.5 Å². The van der Waals surface area contributed by atoms with Gasteiger partial charge in [0.05, 0.1) is 27.8 Å². The van der Waals surface area contributed by atoms with Gasteiger partial charge in [-0.05, 0) is 24.1 Å². The lowest BCUT2D eigenvalue weighted by Crippen LogP contribution is -2.26. The lowest BCUT2D eigenvalue weighted by molar-refractivity contribution is -0.137. The highest BCUT2D eigenvalue weighted by Gasteiger charge is 2.14. The largest absolute Gasteiger partial charge is 0.493 e. The van der Waals surface area contributed by atoms with E-state index in [-0.39, 0.29) is 18.7 Å². The predicted octanol–water partition coefficient (Wildman–Crippen LogP) is 1.24.